The zero-order chi connectivity index (χ0) is 14.6. The van der Waals surface area contributed by atoms with Crippen LogP contribution in [0.3, 0.4) is 0 Å². The van der Waals surface area contributed by atoms with Crippen LogP contribution in [0.15, 0.2) is 23.2 Å². The van der Waals surface area contributed by atoms with Crippen LogP contribution >= 0.6 is 11.6 Å². The molecule has 106 valence electrons. The monoisotopic (exact) mass is 306 g/mol. The van der Waals surface area contributed by atoms with Crippen molar-refractivity contribution in [3.63, 3.8) is 0 Å². The Morgan fingerprint density at radius 3 is 2.68 bits per heavy atom. The van der Waals surface area contributed by atoms with E-state index >= 15 is 0 Å². The first kappa shape index (κ1) is 15.9. The maximum absolute atomic E-state index is 12.4. The van der Waals surface area contributed by atoms with Crippen LogP contribution in [0.4, 0.5) is 0 Å². The van der Waals surface area contributed by atoms with Gasteiger partial charge in [-0.05, 0) is 19.1 Å². The average molecular weight is 307 g/mol. The minimum atomic E-state index is -3.85. The predicted molar refractivity (Wildman–Crippen MR) is 70.5 cm³/mol. The summed E-state index contributed by atoms with van der Waals surface area (Å²) >= 11 is 5.79. The molecular formula is C11H15ClN2O4S. The Hall–Kier alpha value is -1.18. The van der Waals surface area contributed by atoms with Crippen molar-refractivity contribution in [2.75, 3.05) is 6.54 Å². The highest BCUT2D eigenvalue weighted by Gasteiger charge is 2.30. The first-order valence-corrected chi connectivity index (χ1v) is 7.46. The van der Waals surface area contributed by atoms with Crippen LogP contribution in [0.2, 0.25) is 5.15 Å². The van der Waals surface area contributed by atoms with Gasteiger partial charge in [-0.25, -0.2) is 13.4 Å². The van der Waals surface area contributed by atoms with E-state index in [1.165, 1.54) is 18.3 Å². The van der Waals surface area contributed by atoms with Gasteiger partial charge in [-0.3, -0.25) is 4.79 Å². The number of aromatic nitrogens is 1. The Morgan fingerprint density at radius 2 is 2.21 bits per heavy atom. The lowest BCUT2D eigenvalue weighted by atomic mass is 10.2. The zero-order valence-corrected chi connectivity index (χ0v) is 12.1. The van der Waals surface area contributed by atoms with Crippen LogP contribution in [0.1, 0.15) is 20.3 Å². The zero-order valence-electron chi connectivity index (χ0n) is 10.6. The van der Waals surface area contributed by atoms with E-state index < -0.39 is 22.0 Å². The third kappa shape index (κ3) is 3.65. The van der Waals surface area contributed by atoms with Crippen molar-refractivity contribution in [3.05, 3.63) is 23.5 Å². The van der Waals surface area contributed by atoms with Gasteiger partial charge in [0.15, 0.2) is 0 Å². The van der Waals surface area contributed by atoms with E-state index in [9.17, 15) is 13.2 Å². The summed E-state index contributed by atoms with van der Waals surface area (Å²) in [6, 6.07) is 2.15. The molecule has 1 heterocycles. The molecule has 1 rings (SSSR count). The van der Waals surface area contributed by atoms with E-state index in [4.69, 9.17) is 16.7 Å². The van der Waals surface area contributed by atoms with Gasteiger partial charge < -0.3 is 5.11 Å². The fourth-order valence-corrected chi connectivity index (χ4v) is 3.83. The summed E-state index contributed by atoms with van der Waals surface area (Å²) in [5, 5.41) is 8.64. The van der Waals surface area contributed by atoms with Crippen LogP contribution in [0.25, 0.3) is 0 Å². The maximum atomic E-state index is 12.4. The first-order valence-electron chi connectivity index (χ1n) is 5.64. The molecule has 6 nitrogen and oxygen atoms in total. The maximum Gasteiger partial charge on any atom is 0.304 e. The summed E-state index contributed by atoms with van der Waals surface area (Å²) in [6.45, 7) is 3.33. The number of nitrogens with zero attached hydrogens (tertiary/aromatic N) is 2. The Balaban J connectivity index is 3.16. The molecule has 1 N–H and O–H groups in total. The standard InChI is InChI=1S/C11H15ClN2O4S/c1-3-14(8(2)7-10(15)16)19(17,18)9-5-4-6-13-11(9)12/h4-6,8H,3,7H2,1-2H3,(H,15,16). The van der Waals surface area contributed by atoms with E-state index in [0.717, 1.165) is 4.31 Å². The van der Waals surface area contributed by atoms with E-state index in [1.54, 1.807) is 13.8 Å². The van der Waals surface area contributed by atoms with Gasteiger partial charge in [-0.1, -0.05) is 18.5 Å². The quantitative estimate of drug-likeness (QED) is 0.807. The number of rotatable bonds is 6. The largest absolute Gasteiger partial charge is 0.481 e. The fourth-order valence-electron chi connectivity index (χ4n) is 1.76. The molecule has 0 saturated heterocycles. The molecule has 0 bridgehead atoms. The predicted octanol–water partition coefficient (Wildman–Crippen LogP) is 1.61. The van der Waals surface area contributed by atoms with E-state index in [2.05, 4.69) is 4.98 Å². The Bertz CT molecular complexity index is 562. The average Bonchev–Trinajstić information content (AvgIpc) is 2.28. The van der Waals surface area contributed by atoms with E-state index in [-0.39, 0.29) is 23.0 Å². The van der Waals surface area contributed by atoms with Crippen LogP contribution in [0.5, 0.6) is 0 Å². The number of carboxylic acids is 1. The second-order valence-corrected chi connectivity index (χ2v) is 6.16. The van der Waals surface area contributed by atoms with Gasteiger partial charge in [0.2, 0.25) is 10.0 Å². The van der Waals surface area contributed by atoms with Crippen LogP contribution < -0.4 is 0 Å². The molecule has 8 heteroatoms. The van der Waals surface area contributed by atoms with Crippen LogP contribution in [-0.4, -0.2) is 41.4 Å². The molecule has 1 aromatic rings. The lowest BCUT2D eigenvalue weighted by Crippen LogP contribution is -2.39. The van der Waals surface area contributed by atoms with Gasteiger partial charge in [0.1, 0.15) is 10.0 Å². The lowest BCUT2D eigenvalue weighted by Gasteiger charge is -2.26. The van der Waals surface area contributed by atoms with Crippen molar-refractivity contribution in [1.29, 1.82) is 0 Å². The molecule has 0 aromatic carbocycles. The highest BCUT2D eigenvalue weighted by molar-refractivity contribution is 7.89. The molecule has 19 heavy (non-hydrogen) atoms. The Kier molecular flexibility index (Phi) is 5.28. The van der Waals surface area contributed by atoms with Gasteiger partial charge in [0, 0.05) is 18.8 Å². The van der Waals surface area contributed by atoms with Gasteiger partial charge in [0.05, 0.1) is 6.42 Å². The van der Waals surface area contributed by atoms with Crippen molar-refractivity contribution in [2.24, 2.45) is 0 Å². The number of halogens is 1. The molecular weight excluding hydrogens is 292 g/mol. The minimum absolute atomic E-state index is 0.115. The fraction of sp³-hybridized carbons (Fsp3) is 0.455. The van der Waals surface area contributed by atoms with Crippen molar-refractivity contribution < 1.29 is 18.3 Å². The summed E-state index contributed by atoms with van der Waals surface area (Å²) in [5.41, 5.74) is 0. The summed E-state index contributed by atoms with van der Waals surface area (Å²) in [7, 11) is -3.85. The van der Waals surface area contributed by atoms with Crippen LogP contribution in [0, 0.1) is 0 Å². The molecule has 0 radical (unpaired) electrons. The molecule has 0 aliphatic heterocycles. The number of sulfonamides is 1. The second-order valence-electron chi connectivity index (χ2n) is 3.95. The molecule has 0 amide bonds. The summed E-state index contributed by atoms with van der Waals surface area (Å²) in [5.74, 6) is -1.06. The normalized spacial score (nSPS) is 13.5. The summed E-state index contributed by atoms with van der Waals surface area (Å²) in [6.07, 6.45) is 1.11. The minimum Gasteiger partial charge on any atom is -0.481 e. The van der Waals surface area contributed by atoms with Crippen molar-refractivity contribution in [3.8, 4) is 0 Å². The molecule has 0 spiro atoms. The second kappa shape index (κ2) is 6.31. The Labute approximate surface area is 117 Å². The molecule has 0 aliphatic carbocycles. The van der Waals surface area contributed by atoms with Crippen molar-refractivity contribution in [1.82, 2.24) is 9.29 Å². The number of carboxylic acid groups (broad SMARTS) is 1. The number of hydrogen-bond donors (Lipinski definition) is 1. The molecule has 0 aliphatic rings. The van der Waals surface area contributed by atoms with Crippen LogP contribution in [-0.2, 0) is 14.8 Å². The van der Waals surface area contributed by atoms with E-state index in [0.29, 0.717) is 0 Å². The number of aliphatic carboxylic acids is 1. The van der Waals surface area contributed by atoms with Gasteiger partial charge >= 0.3 is 5.97 Å². The molecule has 0 fully saturated rings. The third-order valence-corrected chi connectivity index (χ3v) is 5.12. The number of carbonyl (C=O) groups is 1. The van der Waals surface area contributed by atoms with Gasteiger partial charge in [-0.2, -0.15) is 4.31 Å². The Morgan fingerprint density at radius 1 is 1.58 bits per heavy atom. The smallest absolute Gasteiger partial charge is 0.304 e. The highest BCUT2D eigenvalue weighted by atomic mass is 35.5. The topological polar surface area (TPSA) is 87.6 Å². The first-order chi connectivity index (χ1) is 8.80. The molecule has 1 aromatic heterocycles. The molecule has 0 saturated carbocycles. The van der Waals surface area contributed by atoms with Gasteiger partial charge in [0.25, 0.3) is 0 Å². The van der Waals surface area contributed by atoms with Gasteiger partial charge in [-0.15, -0.1) is 0 Å². The summed E-state index contributed by atoms with van der Waals surface area (Å²) < 4.78 is 25.9. The highest BCUT2D eigenvalue weighted by Crippen LogP contribution is 2.24. The summed E-state index contributed by atoms with van der Waals surface area (Å²) in [4.78, 5) is 14.3. The molecule has 1 unspecified atom stereocenters. The number of hydrogen-bond acceptors (Lipinski definition) is 4. The third-order valence-electron chi connectivity index (χ3n) is 2.58. The molecule has 1 atom stereocenters. The van der Waals surface area contributed by atoms with Crippen molar-refractivity contribution in [2.45, 2.75) is 31.2 Å². The SMILES string of the molecule is CCN(C(C)CC(=O)O)S(=O)(=O)c1cccnc1Cl. The van der Waals surface area contributed by atoms with Crippen molar-refractivity contribution >= 4 is 27.6 Å². The number of pyridine rings is 1. The van der Waals surface area contributed by atoms with E-state index in [1.807, 2.05) is 0 Å². The lowest BCUT2D eigenvalue weighted by molar-refractivity contribution is -0.137.